The van der Waals surface area contributed by atoms with E-state index in [1.54, 1.807) is 6.92 Å². The number of carbonyl (C=O) groups excluding carboxylic acids is 1. The first kappa shape index (κ1) is 8.00. The summed E-state index contributed by atoms with van der Waals surface area (Å²) in [7, 11) is 0. The number of carbonyl (C=O) groups is 1. The molecule has 60 valence electrons. The molecule has 11 heavy (non-hydrogen) atoms. The first-order chi connectivity index (χ1) is 5.24. The topological polar surface area (TPSA) is 55.2 Å². The summed E-state index contributed by atoms with van der Waals surface area (Å²) in [5, 5.41) is 0. The number of aromatic amines is 1. The van der Waals surface area contributed by atoms with Crippen molar-refractivity contribution < 1.29 is 13.9 Å². The second-order valence-corrected chi connectivity index (χ2v) is 2.13. The normalized spacial score (nSPS) is 9.55. The maximum atomic E-state index is 10.9. The van der Waals surface area contributed by atoms with E-state index in [2.05, 4.69) is 21.9 Å². The van der Waals surface area contributed by atoms with Gasteiger partial charge in [-0.25, -0.2) is 4.79 Å². The van der Waals surface area contributed by atoms with E-state index in [1.807, 2.05) is 0 Å². The Hall–Kier alpha value is -1.10. The van der Waals surface area contributed by atoms with Crippen molar-refractivity contribution in [1.82, 2.24) is 4.98 Å². The van der Waals surface area contributed by atoms with Crippen molar-refractivity contribution in [2.75, 3.05) is 6.61 Å². The SMILES string of the molecule is CCOC(=O)c1c[nH]c(=S)o1. The van der Waals surface area contributed by atoms with Crippen LogP contribution in [-0.4, -0.2) is 17.6 Å². The van der Waals surface area contributed by atoms with Crippen LogP contribution in [0.25, 0.3) is 0 Å². The quantitative estimate of drug-likeness (QED) is 0.544. The number of oxazole rings is 1. The van der Waals surface area contributed by atoms with Gasteiger partial charge in [0.2, 0.25) is 5.76 Å². The Kier molecular flexibility index (Phi) is 2.43. The van der Waals surface area contributed by atoms with Crippen LogP contribution in [-0.2, 0) is 4.74 Å². The zero-order valence-electron chi connectivity index (χ0n) is 5.92. The third-order valence-corrected chi connectivity index (χ3v) is 1.20. The molecule has 1 aromatic rings. The zero-order chi connectivity index (χ0) is 8.27. The van der Waals surface area contributed by atoms with Crippen LogP contribution in [0.4, 0.5) is 0 Å². The van der Waals surface area contributed by atoms with Crippen molar-refractivity contribution in [2.24, 2.45) is 0 Å². The largest absolute Gasteiger partial charge is 0.460 e. The predicted octanol–water partition coefficient (Wildman–Crippen LogP) is 1.51. The van der Waals surface area contributed by atoms with Crippen molar-refractivity contribution >= 4 is 18.2 Å². The monoisotopic (exact) mass is 173 g/mol. The molecule has 4 nitrogen and oxygen atoms in total. The minimum Gasteiger partial charge on any atom is -0.460 e. The summed E-state index contributed by atoms with van der Waals surface area (Å²) in [6.45, 7) is 2.05. The second kappa shape index (κ2) is 3.34. The van der Waals surface area contributed by atoms with E-state index >= 15 is 0 Å². The molecule has 0 amide bonds. The average molecular weight is 173 g/mol. The highest BCUT2D eigenvalue weighted by Gasteiger charge is 2.09. The molecule has 0 atom stereocenters. The minimum absolute atomic E-state index is 0.108. The molecule has 0 spiro atoms. The van der Waals surface area contributed by atoms with Gasteiger partial charge in [-0.1, -0.05) is 0 Å². The lowest BCUT2D eigenvalue weighted by atomic mass is 10.5. The van der Waals surface area contributed by atoms with Gasteiger partial charge < -0.3 is 14.1 Å². The highest BCUT2D eigenvalue weighted by molar-refractivity contribution is 7.71. The summed E-state index contributed by atoms with van der Waals surface area (Å²) in [6.07, 6.45) is 1.38. The number of esters is 1. The summed E-state index contributed by atoms with van der Waals surface area (Å²) in [5.41, 5.74) is 0. The van der Waals surface area contributed by atoms with Crippen LogP contribution in [0.15, 0.2) is 10.6 Å². The van der Waals surface area contributed by atoms with E-state index in [0.717, 1.165) is 0 Å². The molecule has 1 rings (SSSR count). The standard InChI is InChI=1S/C6H7NO3S/c1-2-9-5(8)4-3-7-6(11)10-4/h3H,2H2,1H3,(H,7,11). The molecule has 0 aromatic carbocycles. The molecule has 0 saturated heterocycles. The molecule has 1 heterocycles. The Morgan fingerprint density at radius 1 is 1.91 bits per heavy atom. The molecular weight excluding hydrogens is 166 g/mol. The number of ether oxygens (including phenoxy) is 1. The van der Waals surface area contributed by atoms with Crippen LogP contribution in [0.2, 0.25) is 0 Å². The molecule has 1 N–H and O–H groups in total. The molecule has 0 saturated carbocycles. The smallest absolute Gasteiger partial charge is 0.375 e. The fraction of sp³-hybridized carbons (Fsp3) is 0.333. The van der Waals surface area contributed by atoms with Gasteiger partial charge in [0.1, 0.15) is 0 Å². The first-order valence-corrected chi connectivity index (χ1v) is 3.50. The van der Waals surface area contributed by atoms with Gasteiger partial charge in [-0.15, -0.1) is 0 Å². The van der Waals surface area contributed by atoms with Gasteiger partial charge in [-0.05, 0) is 19.1 Å². The minimum atomic E-state index is -0.500. The highest BCUT2D eigenvalue weighted by atomic mass is 32.1. The number of hydrogen-bond acceptors (Lipinski definition) is 4. The van der Waals surface area contributed by atoms with Gasteiger partial charge >= 0.3 is 5.97 Å². The van der Waals surface area contributed by atoms with Crippen molar-refractivity contribution in [3.8, 4) is 0 Å². The van der Waals surface area contributed by atoms with Crippen LogP contribution in [0.1, 0.15) is 17.5 Å². The Morgan fingerprint density at radius 2 is 2.64 bits per heavy atom. The van der Waals surface area contributed by atoms with Gasteiger partial charge in [0, 0.05) is 0 Å². The number of nitrogens with one attached hydrogen (secondary N) is 1. The molecule has 0 bridgehead atoms. The first-order valence-electron chi connectivity index (χ1n) is 3.09. The molecule has 0 radical (unpaired) electrons. The molecule has 1 aromatic heterocycles. The Morgan fingerprint density at radius 3 is 3.09 bits per heavy atom. The predicted molar refractivity (Wildman–Crippen MR) is 39.8 cm³/mol. The lowest BCUT2D eigenvalue weighted by Gasteiger charge is -1.94. The average Bonchev–Trinajstić information content (AvgIpc) is 2.36. The van der Waals surface area contributed by atoms with Gasteiger partial charge in [0.05, 0.1) is 12.8 Å². The van der Waals surface area contributed by atoms with Crippen LogP contribution < -0.4 is 0 Å². The van der Waals surface area contributed by atoms with Gasteiger partial charge in [-0.2, -0.15) is 0 Å². The van der Waals surface area contributed by atoms with E-state index in [0.29, 0.717) is 6.61 Å². The van der Waals surface area contributed by atoms with Crippen LogP contribution >= 0.6 is 12.2 Å². The Bertz CT molecular complexity index is 301. The third-order valence-electron chi connectivity index (χ3n) is 1.00. The molecule has 5 heteroatoms. The zero-order valence-corrected chi connectivity index (χ0v) is 6.73. The maximum Gasteiger partial charge on any atom is 0.375 e. The van der Waals surface area contributed by atoms with Gasteiger partial charge in [0.15, 0.2) is 0 Å². The molecule has 0 fully saturated rings. The van der Waals surface area contributed by atoms with Crippen LogP contribution in [0.5, 0.6) is 0 Å². The molecule has 0 aliphatic carbocycles. The molecule has 0 aliphatic heterocycles. The van der Waals surface area contributed by atoms with E-state index in [9.17, 15) is 4.79 Å². The summed E-state index contributed by atoms with van der Waals surface area (Å²) < 4.78 is 9.42. The number of H-pyrrole nitrogens is 1. The van der Waals surface area contributed by atoms with E-state index in [-0.39, 0.29) is 10.6 Å². The summed E-state index contributed by atoms with van der Waals surface area (Å²) in [5.74, 6) is -0.392. The molecule has 0 unspecified atom stereocenters. The second-order valence-electron chi connectivity index (χ2n) is 1.76. The third kappa shape index (κ3) is 1.91. The van der Waals surface area contributed by atoms with Crippen molar-refractivity contribution in [1.29, 1.82) is 0 Å². The highest BCUT2D eigenvalue weighted by Crippen LogP contribution is 2.00. The van der Waals surface area contributed by atoms with E-state index < -0.39 is 5.97 Å². The Balaban J connectivity index is 2.76. The van der Waals surface area contributed by atoms with Gasteiger partial charge in [-0.3, -0.25) is 0 Å². The van der Waals surface area contributed by atoms with Crippen molar-refractivity contribution in [3.63, 3.8) is 0 Å². The van der Waals surface area contributed by atoms with Crippen LogP contribution in [0, 0.1) is 4.84 Å². The number of aromatic nitrogens is 1. The van der Waals surface area contributed by atoms with Crippen LogP contribution in [0.3, 0.4) is 0 Å². The fourth-order valence-electron chi connectivity index (χ4n) is 0.586. The molecular formula is C6H7NO3S. The van der Waals surface area contributed by atoms with E-state index in [1.165, 1.54) is 6.20 Å². The lowest BCUT2D eigenvalue weighted by Crippen LogP contribution is -2.02. The maximum absolute atomic E-state index is 10.9. The van der Waals surface area contributed by atoms with Gasteiger partial charge in [0.25, 0.3) is 4.84 Å². The Labute approximate surface area is 68.2 Å². The summed E-state index contributed by atoms with van der Waals surface area (Å²) >= 11 is 4.61. The molecule has 0 aliphatic rings. The summed E-state index contributed by atoms with van der Waals surface area (Å²) in [6, 6.07) is 0. The van der Waals surface area contributed by atoms with E-state index in [4.69, 9.17) is 4.42 Å². The fourth-order valence-corrected chi connectivity index (χ4v) is 0.735. The lowest BCUT2D eigenvalue weighted by molar-refractivity contribution is 0.0489. The number of rotatable bonds is 2. The van der Waals surface area contributed by atoms with Crippen molar-refractivity contribution in [3.05, 3.63) is 16.8 Å². The summed E-state index contributed by atoms with van der Waals surface area (Å²) in [4.78, 5) is 13.6. The van der Waals surface area contributed by atoms with Crippen molar-refractivity contribution in [2.45, 2.75) is 6.92 Å². The number of hydrogen-bond donors (Lipinski definition) is 1.